The van der Waals surface area contributed by atoms with E-state index in [2.05, 4.69) is 0 Å². The zero-order chi connectivity index (χ0) is 13.7. The number of nitrogens with zero attached hydrogens (tertiary/aromatic N) is 2. The molecule has 2 aromatic rings. The third kappa shape index (κ3) is 3.07. The summed E-state index contributed by atoms with van der Waals surface area (Å²) in [7, 11) is 1.63. The zero-order valence-electron chi connectivity index (χ0n) is 10.3. The molecule has 0 aliphatic rings. The number of methoxy groups -OCH3 is 1. The smallest absolute Gasteiger partial charge is 0.118 e. The van der Waals surface area contributed by atoms with Gasteiger partial charge in [-0.2, -0.15) is 10.5 Å². The monoisotopic (exact) mass is 266 g/mol. The Labute approximate surface area is 116 Å². The van der Waals surface area contributed by atoms with Gasteiger partial charge in [-0.05, 0) is 42.5 Å². The number of ether oxygens (including phenoxy) is 1. The van der Waals surface area contributed by atoms with Gasteiger partial charge in [0.2, 0.25) is 0 Å². The zero-order valence-corrected chi connectivity index (χ0v) is 11.1. The van der Waals surface area contributed by atoms with Crippen LogP contribution < -0.4 is 4.74 Å². The van der Waals surface area contributed by atoms with Crippen LogP contribution in [0, 0.1) is 22.7 Å². The minimum Gasteiger partial charge on any atom is -0.497 e. The second-order valence-electron chi connectivity index (χ2n) is 3.71. The van der Waals surface area contributed by atoms with E-state index in [1.165, 1.54) is 11.8 Å². The Morgan fingerprint density at radius 3 is 2.11 bits per heavy atom. The number of hydrogen-bond donors (Lipinski definition) is 0. The van der Waals surface area contributed by atoms with Crippen molar-refractivity contribution in [3.05, 3.63) is 53.6 Å². The van der Waals surface area contributed by atoms with Crippen LogP contribution in [0.3, 0.4) is 0 Å². The van der Waals surface area contributed by atoms with Gasteiger partial charge in [0.1, 0.15) is 17.9 Å². The summed E-state index contributed by atoms with van der Waals surface area (Å²) >= 11 is 1.54. The van der Waals surface area contributed by atoms with Crippen LogP contribution >= 0.6 is 11.8 Å². The summed E-state index contributed by atoms with van der Waals surface area (Å²) in [4.78, 5) is 1.98. The average Bonchev–Trinajstić information content (AvgIpc) is 2.48. The van der Waals surface area contributed by atoms with Crippen molar-refractivity contribution in [3.8, 4) is 17.9 Å². The van der Waals surface area contributed by atoms with Crippen LogP contribution in [0.25, 0.3) is 0 Å². The van der Waals surface area contributed by atoms with Crippen molar-refractivity contribution >= 4 is 11.8 Å². The van der Waals surface area contributed by atoms with E-state index in [1.54, 1.807) is 19.2 Å². The second-order valence-corrected chi connectivity index (χ2v) is 4.86. The molecule has 92 valence electrons. The lowest BCUT2D eigenvalue weighted by molar-refractivity contribution is 0.414. The van der Waals surface area contributed by atoms with Crippen LogP contribution in [0.15, 0.2) is 52.3 Å². The molecule has 0 amide bonds. The van der Waals surface area contributed by atoms with E-state index in [0.29, 0.717) is 11.1 Å². The van der Waals surface area contributed by atoms with Gasteiger partial charge in [-0.3, -0.25) is 0 Å². The summed E-state index contributed by atoms with van der Waals surface area (Å²) in [6.07, 6.45) is 0. The summed E-state index contributed by atoms with van der Waals surface area (Å²) in [6, 6.07) is 17.0. The Bertz CT molecular complexity index is 666. The first-order chi connectivity index (χ1) is 9.26. The maximum Gasteiger partial charge on any atom is 0.118 e. The van der Waals surface area contributed by atoms with E-state index < -0.39 is 0 Å². The van der Waals surface area contributed by atoms with Gasteiger partial charge in [-0.15, -0.1) is 0 Å². The van der Waals surface area contributed by atoms with Crippen LogP contribution in [0.4, 0.5) is 0 Å². The molecule has 2 aromatic carbocycles. The Morgan fingerprint density at radius 1 is 0.895 bits per heavy atom. The molecule has 19 heavy (non-hydrogen) atoms. The van der Waals surface area contributed by atoms with Crippen molar-refractivity contribution in [1.29, 1.82) is 10.5 Å². The summed E-state index contributed by atoms with van der Waals surface area (Å²) in [5.74, 6) is 0.807. The van der Waals surface area contributed by atoms with Gasteiger partial charge in [0.05, 0.1) is 18.2 Å². The molecule has 0 aromatic heterocycles. The summed E-state index contributed by atoms with van der Waals surface area (Å²) in [6.45, 7) is 0. The molecule has 0 fully saturated rings. The molecule has 0 N–H and O–H groups in total. The summed E-state index contributed by atoms with van der Waals surface area (Å²) in [5, 5.41) is 17.8. The Hall–Kier alpha value is -2.43. The first-order valence-electron chi connectivity index (χ1n) is 5.53. The van der Waals surface area contributed by atoms with Gasteiger partial charge < -0.3 is 4.74 Å². The summed E-state index contributed by atoms with van der Waals surface area (Å²) in [5.41, 5.74) is 0.808. The van der Waals surface area contributed by atoms with E-state index in [9.17, 15) is 0 Å². The first-order valence-corrected chi connectivity index (χ1v) is 6.34. The summed E-state index contributed by atoms with van der Waals surface area (Å²) < 4.78 is 5.10. The maximum atomic E-state index is 8.98. The Balaban J connectivity index is 2.24. The standard InChI is InChI=1S/C15H10N2OS/c1-18-13-3-6-14(7-4-13)19-15-5-2-11(9-16)12(8-15)10-17/h2-8H,1H3. The van der Waals surface area contributed by atoms with Gasteiger partial charge in [0.15, 0.2) is 0 Å². The molecule has 0 unspecified atom stereocenters. The minimum atomic E-state index is 0.404. The first kappa shape index (κ1) is 13.0. The lowest BCUT2D eigenvalue weighted by Crippen LogP contribution is -1.85. The molecule has 0 bridgehead atoms. The molecule has 0 saturated carbocycles. The Morgan fingerprint density at radius 2 is 1.53 bits per heavy atom. The highest BCUT2D eigenvalue weighted by molar-refractivity contribution is 7.99. The van der Waals surface area contributed by atoms with Crippen LogP contribution in [0.5, 0.6) is 5.75 Å². The lowest BCUT2D eigenvalue weighted by Gasteiger charge is -2.04. The molecule has 0 atom stereocenters. The maximum absolute atomic E-state index is 8.98. The van der Waals surface area contributed by atoms with Crippen molar-refractivity contribution in [2.45, 2.75) is 9.79 Å². The third-order valence-electron chi connectivity index (χ3n) is 2.53. The molecule has 0 aliphatic carbocycles. The largest absolute Gasteiger partial charge is 0.497 e. The predicted octanol–water partition coefficient (Wildman–Crippen LogP) is 3.59. The number of hydrogen-bond acceptors (Lipinski definition) is 4. The average molecular weight is 266 g/mol. The normalized spacial score (nSPS) is 9.42. The number of rotatable bonds is 3. The molecule has 3 nitrogen and oxygen atoms in total. The molecule has 0 radical (unpaired) electrons. The highest BCUT2D eigenvalue weighted by Crippen LogP contribution is 2.30. The number of nitriles is 2. The molecule has 0 heterocycles. The van der Waals surface area contributed by atoms with E-state index in [1.807, 2.05) is 42.5 Å². The van der Waals surface area contributed by atoms with Crippen LogP contribution in [0.1, 0.15) is 11.1 Å². The molecular formula is C15H10N2OS. The fraction of sp³-hybridized carbons (Fsp3) is 0.0667. The van der Waals surface area contributed by atoms with Crippen molar-refractivity contribution in [2.75, 3.05) is 7.11 Å². The van der Waals surface area contributed by atoms with Crippen molar-refractivity contribution < 1.29 is 4.74 Å². The Kier molecular flexibility index (Phi) is 4.07. The highest BCUT2D eigenvalue weighted by Gasteiger charge is 2.04. The van der Waals surface area contributed by atoms with Crippen molar-refractivity contribution in [3.63, 3.8) is 0 Å². The van der Waals surface area contributed by atoms with Crippen LogP contribution in [0.2, 0.25) is 0 Å². The van der Waals surface area contributed by atoms with Crippen LogP contribution in [-0.4, -0.2) is 7.11 Å². The van der Waals surface area contributed by atoms with E-state index in [0.717, 1.165) is 15.5 Å². The topological polar surface area (TPSA) is 56.8 Å². The van der Waals surface area contributed by atoms with Crippen LogP contribution in [-0.2, 0) is 0 Å². The number of benzene rings is 2. The predicted molar refractivity (Wildman–Crippen MR) is 73.0 cm³/mol. The van der Waals surface area contributed by atoms with Crippen molar-refractivity contribution in [2.24, 2.45) is 0 Å². The fourth-order valence-electron chi connectivity index (χ4n) is 1.56. The van der Waals surface area contributed by atoms with Crippen molar-refractivity contribution in [1.82, 2.24) is 0 Å². The van der Waals surface area contributed by atoms with E-state index >= 15 is 0 Å². The molecule has 4 heteroatoms. The van der Waals surface area contributed by atoms with Gasteiger partial charge >= 0.3 is 0 Å². The van der Waals surface area contributed by atoms with Gasteiger partial charge in [-0.1, -0.05) is 11.8 Å². The van der Waals surface area contributed by atoms with Gasteiger partial charge in [-0.25, -0.2) is 0 Å². The molecular weight excluding hydrogens is 256 g/mol. The quantitative estimate of drug-likeness (QED) is 0.851. The molecule has 2 rings (SSSR count). The third-order valence-corrected chi connectivity index (χ3v) is 3.52. The molecule has 0 saturated heterocycles. The van der Waals surface area contributed by atoms with E-state index in [4.69, 9.17) is 15.3 Å². The van der Waals surface area contributed by atoms with E-state index in [-0.39, 0.29) is 0 Å². The minimum absolute atomic E-state index is 0.404. The van der Waals surface area contributed by atoms with Gasteiger partial charge in [0, 0.05) is 9.79 Å². The highest BCUT2D eigenvalue weighted by atomic mass is 32.2. The lowest BCUT2D eigenvalue weighted by atomic mass is 10.1. The fourth-order valence-corrected chi connectivity index (χ4v) is 2.41. The molecule has 0 spiro atoms. The molecule has 0 aliphatic heterocycles. The van der Waals surface area contributed by atoms with Gasteiger partial charge in [0.25, 0.3) is 0 Å². The second kappa shape index (κ2) is 5.95. The SMILES string of the molecule is COc1ccc(Sc2ccc(C#N)c(C#N)c2)cc1.